The SMILES string of the molecule is CC(C)CCC1=C(C(=O)NC(C)C)C(=O)c2ccccc21. The number of hydrogen-bond donors (Lipinski definition) is 1. The summed E-state index contributed by atoms with van der Waals surface area (Å²) in [6, 6.07) is 7.54. The zero-order chi connectivity index (χ0) is 15.6. The predicted octanol–water partition coefficient (Wildman–Crippen LogP) is 3.60. The highest BCUT2D eigenvalue weighted by Crippen LogP contribution is 2.36. The molecule has 0 aliphatic heterocycles. The van der Waals surface area contributed by atoms with Crippen LogP contribution in [0, 0.1) is 5.92 Å². The van der Waals surface area contributed by atoms with Gasteiger partial charge < -0.3 is 5.32 Å². The third kappa shape index (κ3) is 3.23. The summed E-state index contributed by atoms with van der Waals surface area (Å²) in [4.78, 5) is 25.0. The molecule has 0 unspecified atom stereocenters. The number of carbonyl (C=O) groups excluding carboxylic acids is 2. The summed E-state index contributed by atoms with van der Waals surface area (Å²) >= 11 is 0. The molecule has 2 rings (SSSR count). The van der Waals surface area contributed by atoms with Crippen molar-refractivity contribution in [3.8, 4) is 0 Å². The van der Waals surface area contributed by atoms with Crippen LogP contribution in [-0.4, -0.2) is 17.7 Å². The van der Waals surface area contributed by atoms with Crippen LogP contribution in [0.5, 0.6) is 0 Å². The van der Waals surface area contributed by atoms with Crippen LogP contribution in [0.3, 0.4) is 0 Å². The van der Waals surface area contributed by atoms with Crippen LogP contribution >= 0.6 is 0 Å². The van der Waals surface area contributed by atoms with E-state index in [-0.39, 0.29) is 17.7 Å². The normalized spacial score (nSPS) is 14.1. The van der Waals surface area contributed by atoms with Crippen LogP contribution in [0.4, 0.5) is 0 Å². The van der Waals surface area contributed by atoms with Crippen LogP contribution in [0.25, 0.3) is 5.57 Å². The number of ketones is 1. The Bertz CT molecular complexity index is 597. The second-order valence-electron chi connectivity index (χ2n) is 6.29. The molecular weight excluding hydrogens is 262 g/mol. The average molecular weight is 285 g/mol. The summed E-state index contributed by atoms with van der Waals surface area (Å²) in [6.45, 7) is 8.10. The van der Waals surface area contributed by atoms with Crippen molar-refractivity contribution in [1.29, 1.82) is 0 Å². The monoisotopic (exact) mass is 285 g/mol. The Morgan fingerprint density at radius 2 is 1.71 bits per heavy atom. The van der Waals surface area contributed by atoms with Crippen LogP contribution in [0.1, 0.15) is 56.5 Å². The summed E-state index contributed by atoms with van der Waals surface area (Å²) in [5, 5.41) is 2.85. The molecule has 0 spiro atoms. The first kappa shape index (κ1) is 15.5. The Morgan fingerprint density at radius 3 is 2.29 bits per heavy atom. The second-order valence-corrected chi connectivity index (χ2v) is 6.29. The highest BCUT2D eigenvalue weighted by atomic mass is 16.2. The number of Topliss-reactive ketones (excluding diaryl/α,β-unsaturated/α-hetero) is 1. The molecule has 1 aliphatic rings. The highest BCUT2D eigenvalue weighted by Gasteiger charge is 2.33. The van der Waals surface area contributed by atoms with E-state index in [1.165, 1.54) is 0 Å². The minimum Gasteiger partial charge on any atom is -0.350 e. The van der Waals surface area contributed by atoms with Crippen molar-refractivity contribution in [2.24, 2.45) is 5.92 Å². The number of rotatable bonds is 5. The fourth-order valence-electron chi connectivity index (χ4n) is 2.62. The van der Waals surface area contributed by atoms with Gasteiger partial charge in [-0.05, 0) is 43.7 Å². The van der Waals surface area contributed by atoms with E-state index in [0.717, 1.165) is 24.0 Å². The van der Waals surface area contributed by atoms with E-state index < -0.39 is 0 Å². The number of allylic oxidation sites excluding steroid dienone is 1. The average Bonchev–Trinajstić information content (AvgIpc) is 2.69. The molecule has 3 heteroatoms. The number of amides is 1. The topological polar surface area (TPSA) is 46.2 Å². The van der Waals surface area contributed by atoms with Gasteiger partial charge in [-0.3, -0.25) is 9.59 Å². The van der Waals surface area contributed by atoms with Gasteiger partial charge in [0, 0.05) is 11.6 Å². The minimum atomic E-state index is -0.245. The molecular formula is C18H23NO2. The van der Waals surface area contributed by atoms with Crippen molar-refractivity contribution in [3.63, 3.8) is 0 Å². The lowest BCUT2D eigenvalue weighted by Gasteiger charge is -2.11. The summed E-state index contributed by atoms with van der Waals surface area (Å²) in [7, 11) is 0. The van der Waals surface area contributed by atoms with Gasteiger partial charge >= 0.3 is 0 Å². The van der Waals surface area contributed by atoms with Gasteiger partial charge in [-0.1, -0.05) is 38.1 Å². The Kier molecular flexibility index (Phi) is 4.61. The molecule has 1 N–H and O–H groups in total. The van der Waals surface area contributed by atoms with Gasteiger partial charge in [-0.15, -0.1) is 0 Å². The number of benzene rings is 1. The van der Waals surface area contributed by atoms with Crippen LogP contribution in [0.15, 0.2) is 29.8 Å². The van der Waals surface area contributed by atoms with Crippen molar-refractivity contribution in [2.75, 3.05) is 0 Å². The maximum absolute atomic E-state index is 12.6. The summed E-state index contributed by atoms with van der Waals surface area (Å²) in [6.07, 6.45) is 1.73. The highest BCUT2D eigenvalue weighted by molar-refractivity contribution is 6.34. The van der Waals surface area contributed by atoms with Crippen molar-refractivity contribution < 1.29 is 9.59 Å². The van der Waals surface area contributed by atoms with Crippen LogP contribution < -0.4 is 5.32 Å². The van der Waals surface area contributed by atoms with Crippen molar-refractivity contribution in [2.45, 2.75) is 46.6 Å². The maximum Gasteiger partial charge on any atom is 0.255 e. The van der Waals surface area contributed by atoms with E-state index >= 15 is 0 Å². The first-order chi connectivity index (χ1) is 9.91. The summed E-state index contributed by atoms with van der Waals surface area (Å²) in [5.41, 5.74) is 2.83. The summed E-state index contributed by atoms with van der Waals surface area (Å²) < 4.78 is 0. The molecule has 1 aliphatic carbocycles. The van der Waals surface area contributed by atoms with E-state index in [2.05, 4.69) is 19.2 Å². The molecule has 0 atom stereocenters. The van der Waals surface area contributed by atoms with Crippen molar-refractivity contribution >= 4 is 17.3 Å². The zero-order valence-corrected chi connectivity index (χ0v) is 13.2. The number of carbonyl (C=O) groups is 2. The van der Waals surface area contributed by atoms with Gasteiger partial charge in [0.15, 0.2) is 5.78 Å². The largest absolute Gasteiger partial charge is 0.350 e. The Labute approximate surface area is 126 Å². The molecule has 112 valence electrons. The van der Waals surface area contributed by atoms with E-state index in [9.17, 15) is 9.59 Å². The molecule has 0 radical (unpaired) electrons. The molecule has 0 fully saturated rings. The van der Waals surface area contributed by atoms with Crippen LogP contribution in [0.2, 0.25) is 0 Å². The van der Waals surface area contributed by atoms with Crippen molar-refractivity contribution in [1.82, 2.24) is 5.32 Å². The molecule has 21 heavy (non-hydrogen) atoms. The quantitative estimate of drug-likeness (QED) is 0.840. The van der Waals surface area contributed by atoms with Gasteiger partial charge in [0.05, 0.1) is 5.57 Å². The Balaban J connectivity index is 2.42. The Hall–Kier alpha value is -1.90. The fourth-order valence-corrected chi connectivity index (χ4v) is 2.62. The molecule has 0 aromatic heterocycles. The van der Waals surface area contributed by atoms with Gasteiger partial charge in [0.1, 0.15) is 0 Å². The second kappa shape index (κ2) is 6.25. The predicted molar refractivity (Wildman–Crippen MR) is 85.0 cm³/mol. The molecule has 0 heterocycles. The molecule has 1 aromatic carbocycles. The van der Waals surface area contributed by atoms with Gasteiger partial charge in [0.2, 0.25) is 0 Å². The lowest BCUT2D eigenvalue weighted by Crippen LogP contribution is -2.33. The molecule has 1 aromatic rings. The molecule has 0 bridgehead atoms. The number of fused-ring (bicyclic) bond motifs is 1. The molecule has 0 saturated carbocycles. The third-order valence-corrected chi connectivity index (χ3v) is 3.64. The first-order valence-corrected chi connectivity index (χ1v) is 7.60. The van der Waals surface area contributed by atoms with E-state index in [4.69, 9.17) is 0 Å². The minimum absolute atomic E-state index is 0.0212. The van der Waals surface area contributed by atoms with Gasteiger partial charge in [-0.2, -0.15) is 0 Å². The number of hydrogen-bond acceptors (Lipinski definition) is 2. The first-order valence-electron chi connectivity index (χ1n) is 7.60. The zero-order valence-electron chi connectivity index (χ0n) is 13.2. The molecule has 3 nitrogen and oxygen atoms in total. The van der Waals surface area contributed by atoms with Gasteiger partial charge in [0.25, 0.3) is 5.91 Å². The maximum atomic E-state index is 12.6. The lowest BCUT2D eigenvalue weighted by molar-refractivity contribution is -0.117. The van der Waals surface area contributed by atoms with E-state index in [1.54, 1.807) is 0 Å². The molecule has 0 saturated heterocycles. The number of nitrogens with one attached hydrogen (secondary N) is 1. The third-order valence-electron chi connectivity index (χ3n) is 3.64. The standard InChI is InChI=1S/C18H23NO2/c1-11(2)9-10-14-13-7-5-6-8-15(13)17(20)16(14)18(21)19-12(3)4/h5-8,11-12H,9-10H2,1-4H3,(H,19,21). The Morgan fingerprint density at radius 1 is 1.10 bits per heavy atom. The van der Waals surface area contributed by atoms with Crippen molar-refractivity contribution in [3.05, 3.63) is 41.0 Å². The molecule has 1 amide bonds. The smallest absolute Gasteiger partial charge is 0.255 e. The fraction of sp³-hybridized carbons (Fsp3) is 0.444. The van der Waals surface area contributed by atoms with E-state index in [0.29, 0.717) is 17.1 Å². The van der Waals surface area contributed by atoms with Crippen LogP contribution in [-0.2, 0) is 4.79 Å². The van der Waals surface area contributed by atoms with Gasteiger partial charge in [-0.25, -0.2) is 0 Å². The lowest BCUT2D eigenvalue weighted by atomic mass is 9.96. The summed E-state index contributed by atoms with van der Waals surface area (Å²) in [5.74, 6) is 0.155. The van der Waals surface area contributed by atoms with E-state index in [1.807, 2.05) is 38.1 Å².